The minimum atomic E-state index is -0.258. The third-order valence-corrected chi connectivity index (χ3v) is 5.83. The summed E-state index contributed by atoms with van der Waals surface area (Å²) in [5, 5.41) is 5.75. The van der Waals surface area contributed by atoms with Gasteiger partial charge in [-0.25, -0.2) is 4.79 Å². The number of urea groups is 1. The van der Waals surface area contributed by atoms with E-state index in [0.29, 0.717) is 12.0 Å². The zero-order valence-electron chi connectivity index (χ0n) is 16.8. The summed E-state index contributed by atoms with van der Waals surface area (Å²) >= 11 is 0. The van der Waals surface area contributed by atoms with E-state index in [9.17, 15) is 4.79 Å². The molecule has 1 aliphatic carbocycles. The summed E-state index contributed by atoms with van der Waals surface area (Å²) < 4.78 is 5.96. The van der Waals surface area contributed by atoms with Crippen LogP contribution in [0.1, 0.15) is 32.1 Å². The summed E-state index contributed by atoms with van der Waals surface area (Å²) in [5.74, 6) is 1.44. The lowest BCUT2D eigenvalue weighted by atomic mass is 10.1. The summed E-state index contributed by atoms with van der Waals surface area (Å²) in [5.41, 5.74) is 8.45. The first-order chi connectivity index (χ1) is 14.2. The molecule has 2 fully saturated rings. The Morgan fingerprint density at radius 3 is 2.17 bits per heavy atom. The Kier molecular flexibility index (Phi) is 6.20. The van der Waals surface area contributed by atoms with Gasteiger partial charge in [0.25, 0.3) is 0 Å². The number of amides is 2. The largest absolute Gasteiger partial charge is 0.490 e. The van der Waals surface area contributed by atoms with Crippen molar-refractivity contribution in [1.29, 1.82) is 0 Å². The van der Waals surface area contributed by atoms with Crippen LogP contribution >= 0.6 is 0 Å². The van der Waals surface area contributed by atoms with Gasteiger partial charge in [0.2, 0.25) is 0 Å². The molecule has 2 aromatic carbocycles. The van der Waals surface area contributed by atoms with Gasteiger partial charge in [-0.3, -0.25) is 0 Å². The van der Waals surface area contributed by atoms with E-state index in [2.05, 4.69) is 15.5 Å². The van der Waals surface area contributed by atoms with E-state index in [1.807, 2.05) is 48.5 Å². The Bertz CT molecular complexity index is 801. The first-order valence-electron chi connectivity index (χ1n) is 10.6. The highest BCUT2D eigenvalue weighted by atomic mass is 16.5. The molecule has 4 N–H and O–H groups in total. The number of carbonyl (C=O) groups excluding carboxylic acids is 1. The number of ether oxygens (including phenoxy) is 1. The Morgan fingerprint density at radius 2 is 1.59 bits per heavy atom. The highest BCUT2D eigenvalue weighted by molar-refractivity contribution is 5.99. The molecule has 4 rings (SSSR count). The van der Waals surface area contributed by atoms with Crippen LogP contribution in [0.2, 0.25) is 0 Å². The van der Waals surface area contributed by atoms with E-state index < -0.39 is 0 Å². The molecule has 0 aromatic heterocycles. The zero-order chi connectivity index (χ0) is 20.1. The number of anilines is 3. The molecular formula is C23H30N4O2. The van der Waals surface area contributed by atoms with Gasteiger partial charge in [0, 0.05) is 30.2 Å². The average Bonchev–Trinajstić information content (AvgIpc) is 3.42. The predicted molar refractivity (Wildman–Crippen MR) is 118 cm³/mol. The maximum atomic E-state index is 12.3. The fourth-order valence-corrected chi connectivity index (χ4v) is 4.12. The van der Waals surface area contributed by atoms with Crippen molar-refractivity contribution in [2.75, 3.05) is 35.2 Å². The standard InChI is InChI=1S/C23H30N4O2/c24-15-17-13-14-27(16-17)20-9-5-18(6-10-20)25-23(28)26-19-7-11-22(12-8-19)29-21-3-1-2-4-21/h5-12,17,21H,1-4,13-16,24H2,(H2,25,26,28). The summed E-state index contributed by atoms with van der Waals surface area (Å²) in [6.45, 7) is 2.78. The van der Waals surface area contributed by atoms with Gasteiger partial charge in [0.05, 0.1) is 6.10 Å². The molecule has 2 amide bonds. The van der Waals surface area contributed by atoms with Crippen LogP contribution in [0.3, 0.4) is 0 Å². The smallest absolute Gasteiger partial charge is 0.323 e. The Morgan fingerprint density at radius 1 is 0.966 bits per heavy atom. The maximum Gasteiger partial charge on any atom is 0.323 e. The molecule has 6 nitrogen and oxygen atoms in total. The van der Waals surface area contributed by atoms with Crippen LogP contribution in [0.25, 0.3) is 0 Å². The topological polar surface area (TPSA) is 79.6 Å². The lowest BCUT2D eigenvalue weighted by Crippen LogP contribution is -2.22. The number of carbonyl (C=O) groups is 1. The van der Waals surface area contributed by atoms with Crippen LogP contribution < -0.4 is 26.0 Å². The van der Waals surface area contributed by atoms with Crippen molar-refractivity contribution in [1.82, 2.24) is 0 Å². The molecule has 1 heterocycles. The van der Waals surface area contributed by atoms with Crippen LogP contribution in [0.5, 0.6) is 5.75 Å². The lowest BCUT2D eigenvalue weighted by Gasteiger charge is -2.19. The van der Waals surface area contributed by atoms with Gasteiger partial charge < -0.3 is 26.0 Å². The van der Waals surface area contributed by atoms with Gasteiger partial charge in [-0.1, -0.05) is 0 Å². The molecule has 1 aliphatic heterocycles. The summed E-state index contributed by atoms with van der Waals surface area (Å²) in [6, 6.07) is 15.3. The fourth-order valence-electron chi connectivity index (χ4n) is 4.12. The fraction of sp³-hybridized carbons (Fsp3) is 0.435. The molecule has 2 aliphatic rings. The van der Waals surface area contributed by atoms with Crippen molar-refractivity contribution in [3.8, 4) is 5.75 Å². The molecule has 0 bridgehead atoms. The number of benzene rings is 2. The highest BCUT2D eigenvalue weighted by Gasteiger charge is 2.21. The third kappa shape index (κ3) is 5.21. The second kappa shape index (κ2) is 9.18. The molecule has 29 heavy (non-hydrogen) atoms. The monoisotopic (exact) mass is 394 g/mol. The maximum absolute atomic E-state index is 12.3. The van der Waals surface area contributed by atoms with Gasteiger partial charge in [-0.2, -0.15) is 0 Å². The predicted octanol–water partition coefficient (Wildman–Crippen LogP) is 4.44. The highest BCUT2D eigenvalue weighted by Crippen LogP contribution is 2.26. The minimum absolute atomic E-state index is 0.258. The SMILES string of the molecule is NCC1CCN(c2ccc(NC(=O)Nc3ccc(OC4CCCC4)cc3)cc2)C1. The molecule has 1 atom stereocenters. The number of nitrogens with zero attached hydrogens (tertiary/aromatic N) is 1. The molecule has 154 valence electrons. The quantitative estimate of drug-likeness (QED) is 0.677. The van der Waals surface area contributed by atoms with Gasteiger partial charge in [-0.05, 0) is 93.1 Å². The van der Waals surface area contributed by atoms with Crippen LogP contribution in [-0.4, -0.2) is 31.8 Å². The van der Waals surface area contributed by atoms with Crippen molar-refractivity contribution in [2.45, 2.75) is 38.2 Å². The average molecular weight is 395 g/mol. The van der Waals surface area contributed by atoms with Crippen molar-refractivity contribution in [3.05, 3.63) is 48.5 Å². The minimum Gasteiger partial charge on any atom is -0.490 e. The summed E-state index contributed by atoms with van der Waals surface area (Å²) in [4.78, 5) is 14.6. The Balaban J connectivity index is 1.27. The first kappa shape index (κ1) is 19.6. The second-order valence-electron chi connectivity index (χ2n) is 8.01. The van der Waals surface area contributed by atoms with Crippen LogP contribution in [-0.2, 0) is 0 Å². The van der Waals surface area contributed by atoms with Gasteiger partial charge in [0.1, 0.15) is 5.75 Å². The van der Waals surface area contributed by atoms with E-state index in [1.165, 1.54) is 18.5 Å². The molecule has 1 unspecified atom stereocenters. The van der Waals surface area contributed by atoms with E-state index >= 15 is 0 Å². The van der Waals surface area contributed by atoms with Crippen LogP contribution in [0.15, 0.2) is 48.5 Å². The number of hydrogen-bond donors (Lipinski definition) is 3. The second-order valence-corrected chi connectivity index (χ2v) is 8.01. The van der Waals surface area contributed by atoms with E-state index in [4.69, 9.17) is 10.5 Å². The van der Waals surface area contributed by atoms with Gasteiger partial charge in [0.15, 0.2) is 0 Å². The number of rotatable bonds is 6. The molecular weight excluding hydrogens is 364 g/mol. The number of nitrogens with two attached hydrogens (primary N) is 1. The molecule has 0 radical (unpaired) electrons. The van der Waals surface area contributed by atoms with Crippen molar-refractivity contribution in [3.63, 3.8) is 0 Å². The molecule has 1 saturated heterocycles. The molecule has 0 spiro atoms. The van der Waals surface area contributed by atoms with Crippen molar-refractivity contribution >= 4 is 23.1 Å². The van der Waals surface area contributed by atoms with E-state index in [0.717, 1.165) is 56.0 Å². The first-order valence-corrected chi connectivity index (χ1v) is 10.6. The summed E-state index contributed by atoms with van der Waals surface area (Å²) in [7, 11) is 0. The zero-order valence-corrected chi connectivity index (χ0v) is 16.8. The van der Waals surface area contributed by atoms with Crippen LogP contribution in [0, 0.1) is 5.92 Å². The molecule has 1 saturated carbocycles. The van der Waals surface area contributed by atoms with Gasteiger partial charge >= 0.3 is 6.03 Å². The van der Waals surface area contributed by atoms with Gasteiger partial charge in [-0.15, -0.1) is 0 Å². The number of hydrogen-bond acceptors (Lipinski definition) is 4. The Hall–Kier alpha value is -2.73. The van der Waals surface area contributed by atoms with E-state index in [-0.39, 0.29) is 6.03 Å². The number of nitrogens with one attached hydrogen (secondary N) is 2. The van der Waals surface area contributed by atoms with Crippen molar-refractivity contribution < 1.29 is 9.53 Å². The lowest BCUT2D eigenvalue weighted by molar-refractivity contribution is 0.210. The molecule has 2 aromatic rings. The summed E-state index contributed by atoms with van der Waals surface area (Å²) in [6.07, 6.45) is 6.24. The third-order valence-electron chi connectivity index (χ3n) is 5.83. The van der Waals surface area contributed by atoms with E-state index in [1.54, 1.807) is 0 Å². The molecule has 6 heteroatoms. The Labute approximate surface area is 172 Å². The normalized spacial score (nSPS) is 19.3. The van der Waals surface area contributed by atoms with Crippen molar-refractivity contribution in [2.24, 2.45) is 11.7 Å². The van der Waals surface area contributed by atoms with Crippen LogP contribution in [0.4, 0.5) is 21.9 Å².